The van der Waals surface area contributed by atoms with E-state index in [1.54, 1.807) is 7.11 Å². The zero-order chi connectivity index (χ0) is 13.4. The fraction of sp³-hybridized carbons (Fsp3) is 0.917. The fourth-order valence-corrected chi connectivity index (χ4v) is 2.45. The van der Waals surface area contributed by atoms with E-state index in [0.29, 0.717) is 19.2 Å². The van der Waals surface area contributed by atoms with Crippen LogP contribution in [0.5, 0.6) is 0 Å². The molecule has 0 bridgehead atoms. The van der Waals surface area contributed by atoms with Crippen molar-refractivity contribution in [3.05, 3.63) is 0 Å². The Kier molecular flexibility index (Phi) is 7.00. The number of hydrogen-bond acceptors (Lipinski definition) is 4. The lowest BCUT2D eigenvalue weighted by atomic mass is 10.2. The van der Waals surface area contributed by atoms with E-state index in [4.69, 9.17) is 10.6 Å². The van der Waals surface area contributed by atoms with Crippen molar-refractivity contribution >= 4 is 5.96 Å². The number of nitrogens with one attached hydrogen (secondary N) is 1. The molecule has 0 aromatic heterocycles. The zero-order valence-corrected chi connectivity index (χ0v) is 11.9. The van der Waals surface area contributed by atoms with Crippen LogP contribution in [0.2, 0.25) is 0 Å². The number of aliphatic imine (C=N–C) groups is 1. The minimum Gasteiger partial charge on any atom is -0.383 e. The molecule has 1 aliphatic heterocycles. The highest BCUT2D eigenvalue weighted by Crippen LogP contribution is 2.15. The minimum atomic E-state index is 0.612. The Hall–Kier alpha value is -0.850. The van der Waals surface area contributed by atoms with Gasteiger partial charge in [-0.2, -0.15) is 0 Å². The minimum absolute atomic E-state index is 0.612. The van der Waals surface area contributed by atoms with Crippen LogP contribution in [0, 0.1) is 0 Å². The Morgan fingerprint density at radius 2 is 2.22 bits per heavy atom. The number of hydrazine groups is 1. The molecule has 0 radical (unpaired) electrons. The molecule has 1 unspecified atom stereocenters. The van der Waals surface area contributed by atoms with E-state index in [0.717, 1.165) is 32.1 Å². The Bertz CT molecular complexity index is 255. The zero-order valence-electron chi connectivity index (χ0n) is 11.9. The van der Waals surface area contributed by atoms with Crippen LogP contribution in [0.15, 0.2) is 4.99 Å². The normalized spacial score (nSPS) is 20.8. The number of ether oxygens (including phenoxy) is 1. The summed E-state index contributed by atoms with van der Waals surface area (Å²) in [6, 6.07) is 0.612. The van der Waals surface area contributed by atoms with Crippen molar-refractivity contribution in [1.29, 1.82) is 0 Å². The van der Waals surface area contributed by atoms with Crippen molar-refractivity contribution in [3.8, 4) is 0 Å². The summed E-state index contributed by atoms with van der Waals surface area (Å²) in [7, 11) is 1.68. The standard InChI is InChI=1S/C12H27N5O/c1-4-16(5-2)11-6-8-17(10-11)12(15-13)14-7-9-18-3/h11H,4-10,13H2,1-3H3,(H,14,15). The van der Waals surface area contributed by atoms with Gasteiger partial charge < -0.3 is 9.64 Å². The smallest absolute Gasteiger partial charge is 0.208 e. The summed E-state index contributed by atoms with van der Waals surface area (Å²) in [5.41, 5.74) is 2.70. The van der Waals surface area contributed by atoms with Crippen molar-refractivity contribution in [3.63, 3.8) is 0 Å². The Labute approximate surface area is 110 Å². The van der Waals surface area contributed by atoms with Crippen molar-refractivity contribution in [1.82, 2.24) is 15.2 Å². The number of guanidine groups is 1. The third-order valence-corrected chi connectivity index (χ3v) is 3.48. The fourth-order valence-electron chi connectivity index (χ4n) is 2.45. The first kappa shape index (κ1) is 15.2. The lowest BCUT2D eigenvalue weighted by Gasteiger charge is -2.26. The first-order valence-electron chi connectivity index (χ1n) is 6.75. The topological polar surface area (TPSA) is 66.1 Å². The van der Waals surface area contributed by atoms with E-state index in [2.05, 4.69) is 34.1 Å². The molecule has 6 nitrogen and oxygen atoms in total. The second kappa shape index (κ2) is 8.29. The molecule has 1 saturated heterocycles. The maximum atomic E-state index is 5.54. The van der Waals surface area contributed by atoms with E-state index in [1.807, 2.05) is 0 Å². The Morgan fingerprint density at radius 1 is 1.50 bits per heavy atom. The van der Waals surface area contributed by atoms with Gasteiger partial charge in [0, 0.05) is 26.2 Å². The first-order valence-corrected chi connectivity index (χ1v) is 6.75. The van der Waals surface area contributed by atoms with Gasteiger partial charge in [-0.1, -0.05) is 13.8 Å². The van der Waals surface area contributed by atoms with Gasteiger partial charge in [0.2, 0.25) is 5.96 Å². The van der Waals surface area contributed by atoms with Gasteiger partial charge in [-0.15, -0.1) is 0 Å². The van der Waals surface area contributed by atoms with Gasteiger partial charge in [0.25, 0.3) is 0 Å². The molecule has 0 aromatic carbocycles. The Balaban J connectivity index is 2.50. The van der Waals surface area contributed by atoms with Gasteiger partial charge in [-0.05, 0) is 19.5 Å². The summed E-state index contributed by atoms with van der Waals surface area (Å²) in [5, 5.41) is 0. The second-order valence-electron chi connectivity index (χ2n) is 4.45. The van der Waals surface area contributed by atoms with Crippen LogP contribution >= 0.6 is 0 Å². The molecule has 1 fully saturated rings. The summed E-state index contributed by atoms with van der Waals surface area (Å²) in [4.78, 5) is 9.13. The highest BCUT2D eigenvalue weighted by Gasteiger charge is 2.27. The van der Waals surface area contributed by atoms with Gasteiger partial charge in [0.15, 0.2) is 0 Å². The molecule has 18 heavy (non-hydrogen) atoms. The van der Waals surface area contributed by atoms with E-state index in [1.165, 1.54) is 6.42 Å². The number of nitrogens with two attached hydrogens (primary N) is 1. The van der Waals surface area contributed by atoms with Crippen molar-refractivity contribution < 1.29 is 4.74 Å². The number of rotatable bonds is 6. The van der Waals surface area contributed by atoms with E-state index >= 15 is 0 Å². The maximum Gasteiger partial charge on any atom is 0.208 e. The molecule has 0 aliphatic carbocycles. The second-order valence-corrected chi connectivity index (χ2v) is 4.45. The van der Waals surface area contributed by atoms with Crippen LogP contribution < -0.4 is 11.3 Å². The molecule has 6 heteroatoms. The van der Waals surface area contributed by atoms with Crippen LogP contribution in [0.25, 0.3) is 0 Å². The van der Waals surface area contributed by atoms with Gasteiger partial charge in [-0.25, -0.2) is 10.8 Å². The number of hydrogen-bond donors (Lipinski definition) is 2. The molecular formula is C12H27N5O. The molecule has 0 spiro atoms. The predicted octanol–water partition coefficient (Wildman–Crippen LogP) is -0.132. The summed E-state index contributed by atoms with van der Waals surface area (Å²) < 4.78 is 4.99. The summed E-state index contributed by atoms with van der Waals surface area (Å²) in [6.07, 6.45) is 1.17. The average Bonchev–Trinajstić information content (AvgIpc) is 2.86. The molecule has 0 saturated carbocycles. The van der Waals surface area contributed by atoms with Crippen molar-refractivity contribution in [2.75, 3.05) is 46.4 Å². The Morgan fingerprint density at radius 3 is 2.78 bits per heavy atom. The summed E-state index contributed by atoms with van der Waals surface area (Å²) in [6.45, 7) is 9.89. The molecule has 3 N–H and O–H groups in total. The largest absolute Gasteiger partial charge is 0.383 e. The third-order valence-electron chi connectivity index (χ3n) is 3.48. The molecule has 1 heterocycles. The number of nitrogens with zero attached hydrogens (tertiary/aromatic N) is 3. The molecule has 0 aromatic rings. The monoisotopic (exact) mass is 257 g/mol. The van der Waals surface area contributed by atoms with Crippen LogP contribution in [-0.4, -0.2) is 68.2 Å². The molecule has 1 atom stereocenters. The van der Waals surface area contributed by atoms with Crippen LogP contribution in [0.3, 0.4) is 0 Å². The quantitative estimate of drug-likeness (QED) is 0.228. The predicted molar refractivity (Wildman–Crippen MR) is 74.4 cm³/mol. The number of methoxy groups -OCH3 is 1. The molecule has 106 valence electrons. The number of likely N-dealkylation sites (N-methyl/N-ethyl adjacent to an activating group) is 1. The molecule has 1 rings (SSSR count). The van der Waals surface area contributed by atoms with Gasteiger partial charge >= 0.3 is 0 Å². The highest BCUT2D eigenvalue weighted by molar-refractivity contribution is 5.79. The lowest BCUT2D eigenvalue weighted by Crippen LogP contribution is -2.46. The maximum absolute atomic E-state index is 5.54. The molecule has 1 aliphatic rings. The lowest BCUT2D eigenvalue weighted by molar-refractivity contribution is 0.207. The third kappa shape index (κ3) is 4.12. The molecular weight excluding hydrogens is 230 g/mol. The van der Waals surface area contributed by atoms with E-state index in [9.17, 15) is 0 Å². The van der Waals surface area contributed by atoms with Gasteiger partial charge in [0.1, 0.15) is 0 Å². The van der Waals surface area contributed by atoms with E-state index < -0.39 is 0 Å². The first-order chi connectivity index (χ1) is 8.76. The van der Waals surface area contributed by atoms with Crippen molar-refractivity contribution in [2.45, 2.75) is 26.3 Å². The molecule has 0 amide bonds. The highest BCUT2D eigenvalue weighted by atomic mass is 16.5. The van der Waals surface area contributed by atoms with Crippen LogP contribution in [-0.2, 0) is 4.74 Å². The van der Waals surface area contributed by atoms with Gasteiger partial charge in [-0.3, -0.25) is 10.3 Å². The van der Waals surface area contributed by atoms with Crippen LogP contribution in [0.1, 0.15) is 20.3 Å². The summed E-state index contributed by atoms with van der Waals surface area (Å²) in [5.74, 6) is 6.32. The number of likely N-dealkylation sites (tertiary alicyclic amines) is 1. The van der Waals surface area contributed by atoms with Crippen LogP contribution in [0.4, 0.5) is 0 Å². The summed E-state index contributed by atoms with van der Waals surface area (Å²) >= 11 is 0. The average molecular weight is 257 g/mol. The SMILES string of the molecule is CCN(CC)C1CCN(C(=NCCOC)NN)C1. The van der Waals surface area contributed by atoms with Crippen molar-refractivity contribution in [2.24, 2.45) is 10.8 Å². The van der Waals surface area contributed by atoms with E-state index in [-0.39, 0.29) is 0 Å². The van der Waals surface area contributed by atoms with Gasteiger partial charge in [0.05, 0.1) is 13.2 Å².